The van der Waals surface area contributed by atoms with Crippen LogP contribution in [0.25, 0.3) is 0 Å². The van der Waals surface area contributed by atoms with E-state index >= 15 is 0 Å². The van der Waals surface area contributed by atoms with Gasteiger partial charge in [0.2, 0.25) is 0 Å². The summed E-state index contributed by atoms with van der Waals surface area (Å²) in [6.07, 6.45) is -3.32. The van der Waals surface area contributed by atoms with E-state index in [1.54, 1.807) is 6.92 Å². The number of nitro groups is 1. The summed E-state index contributed by atoms with van der Waals surface area (Å²) in [7, 11) is 0. The first-order valence-electron chi connectivity index (χ1n) is 5.14. The SMILES string of the molecule is CCOC(=O)Cc1cc(C(F)F)c(Br)c([N+](=O)[O-])n1. The van der Waals surface area contributed by atoms with Gasteiger partial charge in [-0.3, -0.25) is 4.79 Å². The highest BCUT2D eigenvalue weighted by molar-refractivity contribution is 9.10. The number of nitrogens with zero attached hydrogens (tertiary/aromatic N) is 2. The first-order chi connectivity index (χ1) is 8.86. The lowest BCUT2D eigenvalue weighted by Gasteiger charge is -2.05. The van der Waals surface area contributed by atoms with Gasteiger partial charge in [-0.05, 0) is 38.8 Å². The van der Waals surface area contributed by atoms with E-state index in [2.05, 4.69) is 25.7 Å². The fraction of sp³-hybridized carbons (Fsp3) is 0.400. The molecule has 1 heterocycles. The van der Waals surface area contributed by atoms with Gasteiger partial charge in [0.05, 0.1) is 6.61 Å². The Balaban J connectivity index is 3.19. The summed E-state index contributed by atoms with van der Waals surface area (Å²) in [5, 5.41) is 10.7. The van der Waals surface area contributed by atoms with Crippen molar-refractivity contribution >= 4 is 27.7 Å². The van der Waals surface area contributed by atoms with Gasteiger partial charge in [-0.2, -0.15) is 0 Å². The highest BCUT2D eigenvalue weighted by atomic mass is 79.9. The number of pyridine rings is 1. The predicted octanol–water partition coefficient (Wildman–Crippen LogP) is 2.80. The van der Waals surface area contributed by atoms with E-state index in [9.17, 15) is 23.7 Å². The van der Waals surface area contributed by atoms with E-state index in [1.807, 2.05) is 0 Å². The molecule has 9 heteroatoms. The predicted molar refractivity (Wildman–Crippen MR) is 63.9 cm³/mol. The van der Waals surface area contributed by atoms with Crippen molar-refractivity contribution in [2.45, 2.75) is 19.8 Å². The summed E-state index contributed by atoms with van der Waals surface area (Å²) in [4.78, 5) is 24.6. The zero-order valence-electron chi connectivity index (χ0n) is 9.73. The van der Waals surface area contributed by atoms with Crippen LogP contribution >= 0.6 is 15.9 Å². The second-order valence-electron chi connectivity index (χ2n) is 3.38. The van der Waals surface area contributed by atoms with Crippen LogP contribution in [0, 0.1) is 10.1 Å². The smallest absolute Gasteiger partial charge is 0.378 e. The van der Waals surface area contributed by atoms with Gasteiger partial charge in [0.1, 0.15) is 10.9 Å². The Morgan fingerprint density at radius 2 is 2.26 bits per heavy atom. The van der Waals surface area contributed by atoms with Crippen LogP contribution in [0.4, 0.5) is 14.6 Å². The molecule has 0 spiro atoms. The summed E-state index contributed by atoms with van der Waals surface area (Å²) >= 11 is 2.71. The Morgan fingerprint density at radius 3 is 2.74 bits per heavy atom. The van der Waals surface area contributed by atoms with E-state index < -0.39 is 35.1 Å². The summed E-state index contributed by atoms with van der Waals surface area (Å²) < 4.78 is 29.7. The second kappa shape index (κ2) is 6.50. The minimum Gasteiger partial charge on any atom is -0.466 e. The number of esters is 1. The Morgan fingerprint density at radius 1 is 1.63 bits per heavy atom. The van der Waals surface area contributed by atoms with E-state index in [0.717, 1.165) is 6.07 Å². The molecule has 0 radical (unpaired) electrons. The number of hydrogen-bond acceptors (Lipinski definition) is 5. The molecule has 104 valence electrons. The van der Waals surface area contributed by atoms with Gasteiger partial charge in [0, 0.05) is 5.56 Å². The van der Waals surface area contributed by atoms with Gasteiger partial charge in [-0.25, -0.2) is 8.78 Å². The van der Waals surface area contributed by atoms with Crippen molar-refractivity contribution in [2.24, 2.45) is 0 Å². The van der Waals surface area contributed by atoms with Gasteiger partial charge >= 0.3 is 11.8 Å². The lowest BCUT2D eigenvalue weighted by molar-refractivity contribution is -0.390. The standard InChI is InChI=1S/C10H9BrF2N2O4/c1-2-19-7(16)4-5-3-6(9(12)13)8(11)10(14-5)15(17)18/h3,9H,2,4H2,1H3. The molecule has 0 aromatic carbocycles. The van der Waals surface area contributed by atoms with E-state index in [0.29, 0.717) is 0 Å². The van der Waals surface area contributed by atoms with E-state index in [1.165, 1.54) is 0 Å². The molecule has 1 aromatic heterocycles. The molecular formula is C10H9BrF2N2O4. The highest BCUT2D eigenvalue weighted by Gasteiger charge is 2.26. The molecule has 0 bridgehead atoms. The molecule has 0 saturated carbocycles. The van der Waals surface area contributed by atoms with Gasteiger partial charge in [-0.1, -0.05) is 0 Å². The van der Waals surface area contributed by atoms with Crippen molar-refractivity contribution in [3.8, 4) is 0 Å². The lowest BCUT2D eigenvalue weighted by Crippen LogP contribution is -2.10. The average Bonchev–Trinajstić information content (AvgIpc) is 2.30. The van der Waals surface area contributed by atoms with Crippen LogP contribution in [-0.4, -0.2) is 22.5 Å². The third kappa shape index (κ3) is 3.91. The van der Waals surface area contributed by atoms with Crippen LogP contribution in [0.5, 0.6) is 0 Å². The van der Waals surface area contributed by atoms with Crippen molar-refractivity contribution in [1.29, 1.82) is 0 Å². The molecule has 6 nitrogen and oxygen atoms in total. The number of aromatic nitrogens is 1. The molecule has 1 rings (SSSR count). The average molecular weight is 339 g/mol. The Kier molecular flexibility index (Phi) is 5.28. The molecule has 0 N–H and O–H groups in total. The molecule has 0 saturated heterocycles. The number of rotatable bonds is 5. The normalized spacial score (nSPS) is 10.6. The molecule has 0 aliphatic rings. The lowest BCUT2D eigenvalue weighted by atomic mass is 10.2. The third-order valence-corrected chi connectivity index (χ3v) is 2.87. The summed E-state index contributed by atoms with van der Waals surface area (Å²) in [6, 6.07) is 0.943. The van der Waals surface area contributed by atoms with Crippen molar-refractivity contribution < 1.29 is 23.2 Å². The van der Waals surface area contributed by atoms with Crippen molar-refractivity contribution in [3.63, 3.8) is 0 Å². The minimum atomic E-state index is -2.92. The highest BCUT2D eigenvalue weighted by Crippen LogP contribution is 2.33. The monoisotopic (exact) mass is 338 g/mol. The second-order valence-corrected chi connectivity index (χ2v) is 4.17. The minimum absolute atomic E-state index is 0.124. The molecule has 0 amide bonds. The number of carbonyl (C=O) groups excluding carboxylic acids is 1. The number of carbonyl (C=O) groups is 1. The summed E-state index contributed by atoms with van der Waals surface area (Å²) in [6.45, 7) is 1.71. The maximum Gasteiger partial charge on any atom is 0.378 e. The molecule has 19 heavy (non-hydrogen) atoms. The van der Waals surface area contributed by atoms with E-state index in [4.69, 9.17) is 0 Å². The van der Waals surface area contributed by atoms with E-state index in [-0.39, 0.29) is 16.8 Å². The molecule has 0 aliphatic heterocycles. The maximum absolute atomic E-state index is 12.7. The fourth-order valence-electron chi connectivity index (χ4n) is 1.32. The molecule has 0 unspecified atom stereocenters. The van der Waals surface area contributed by atoms with Gasteiger partial charge in [0.25, 0.3) is 6.43 Å². The fourth-order valence-corrected chi connectivity index (χ4v) is 1.84. The molecule has 0 fully saturated rings. The molecular weight excluding hydrogens is 330 g/mol. The van der Waals surface area contributed by atoms with Crippen LogP contribution in [0.1, 0.15) is 24.6 Å². The number of alkyl halides is 2. The summed E-state index contributed by atoms with van der Waals surface area (Å²) in [5.41, 5.74) is -0.718. The molecule has 1 aromatic rings. The maximum atomic E-state index is 12.7. The first kappa shape index (κ1) is 15.4. The van der Waals surface area contributed by atoms with Crippen molar-refractivity contribution in [2.75, 3.05) is 6.61 Å². The zero-order valence-corrected chi connectivity index (χ0v) is 11.3. The van der Waals surface area contributed by atoms with Crippen molar-refractivity contribution in [3.05, 3.63) is 31.9 Å². The Bertz CT molecular complexity index is 511. The van der Waals surface area contributed by atoms with Crippen LogP contribution in [-0.2, 0) is 16.0 Å². The van der Waals surface area contributed by atoms with Crippen LogP contribution in [0.3, 0.4) is 0 Å². The van der Waals surface area contributed by atoms with Crippen LogP contribution < -0.4 is 0 Å². The number of hydrogen-bond donors (Lipinski definition) is 0. The topological polar surface area (TPSA) is 82.3 Å². The zero-order chi connectivity index (χ0) is 14.6. The number of ether oxygens (including phenoxy) is 1. The quantitative estimate of drug-likeness (QED) is 0.468. The third-order valence-electron chi connectivity index (χ3n) is 2.06. The first-order valence-corrected chi connectivity index (χ1v) is 5.93. The van der Waals surface area contributed by atoms with Crippen molar-refractivity contribution in [1.82, 2.24) is 4.98 Å². The van der Waals surface area contributed by atoms with Gasteiger partial charge in [0.15, 0.2) is 5.69 Å². The van der Waals surface area contributed by atoms with Gasteiger partial charge in [-0.15, -0.1) is 0 Å². The molecule has 0 aliphatic carbocycles. The Hall–Kier alpha value is -1.64. The van der Waals surface area contributed by atoms with Crippen LogP contribution in [0.15, 0.2) is 10.5 Å². The molecule has 0 atom stereocenters. The number of halogens is 3. The largest absolute Gasteiger partial charge is 0.466 e. The Labute approximate surface area is 115 Å². The summed E-state index contributed by atoms with van der Waals surface area (Å²) in [5.74, 6) is -1.44. The van der Waals surface area contributed by atoms with Crippen LogP contribution in [0.2, 0.25) is 0 Å². The van der Waals surface area contributed by atoms with Gasteiger partial charge < -0.3 is 14.9 Å².